The summed E-state index contributed by atoms with van der Waals surface area (Å²) < 4.78 is 13.2. The van der Waals surface area contributed by atoms with Gasteiger partial charge in [-0.3, -0.25) is 10.1 Å². The Hall–Kier alpha value is -2.24. The van der Waals surface area contributed by atoms with E-state index in [-0.39, 0.29) is 0 Å². The van der Waals surface area contributed by atoms with Gasteiger partial charge in [-0.05, 0) is 30.2 Å². The number of aryl methyl sites for hydroxylation is 1. The fourth-order valence-corrected chi connectivity index (χ4v) is 1.16. The molecule has 0 radical (unpaired) electrons. The highest BCUT2D eigenvalue weighted by Crippen LogP contribution is 2.22. The quantitative estimate of drug-likeness (QED) is 0.485. The molecule has 0 aliphatic rings. The summed E-state index contributed by atoms with van der Waals surface area (Å²) >= 11 is 0. The predicted octanol–water partition coefficient (Wildman–Crippen LogP) is 2.14. The van der Waals surface area contributed by atoms with Crippen LogP contribution in [-0.4, -0.2) is 16.0 Å². The Morgan fingerprint density at radius 2 is 2.19 bits per heavy atom. The van der Waals surface area contributed by atoms with Gasteiger partial charge >= 0.3 is 11.7 Å². The molecule has 6 heteroatoms. The second-order valence-corrected chi connectivity index (χ2v) is 3.09. The molecule has 0 unspecified atom stereocenters. The first-order valence-corrected chi connectivity index (χ1v) is 4.27. The third kappa shape index (κ3) is 2.63. The number of aliphatic carboxylic acids is 1. The van der Waals surface area contributed by atoms with Gasteiger partial charge in [-0.2, -0.15) is 4.39 Å². The predicted molar refractivity (Wildman–Crippen MR) is 54.5 cm³/mol. The van der Waals surface area contributed by atoms with E-state index in [1.807, 2.05) is 0 Å². The Kier molecular flexibility index (Phi) is 3.34. The maximum atomic E-state index is 13.2. The first-order chi connectivity index (χ1) is 7.41. The monoisotopic (exact) mass is 225 g/mol. The first-order valence-electron chi connectivity index (χ1n) is 4.27. The zero-order valence-corrected chi connectivity index (χ0v) is 8.31. The van der Waals surface area contributed by atoms with Gasteiger partial charge in [0, 0.05) is 12.1 Å². The van der Waals surface area contributed by atoms with Crippen molar-refractivity contribution < 1.29 is 19.2 Å². The van der Waals surface area contributed by atoms with Crippen molar-refractivity contribution in [3.05, 3.63) is 45.3 Å². The summed E-state index contributed by atoms with van der Waals surface area (Å²) in [7, 11) is 0. The van der Waals surface area contributed by atoms with E-state index in [1.165, 1.54) is 13.0 Å². The van der Waals surface area contributed by atoms with Crippen molar-refractivity contribution in [1.82, 2.24) is 0 Å². The summed E-state index contributed by atoms with van der Waals surface area (Å²) in [4.78, 5) is 19.8. The van der Waals surface area contributed by atoms with Gasteiger partial charge in [-0.25, -0.2) is 4.79 Å². The number of hydrogen-bond donors (Lipinski definition) is 1. The molecule has 0 saturated carbocycles. The molecule has 5 nitrogen and oxygen atoms in total. The topological polar surface area (TPSA) is 80.4 Å². The van der Waals surface area contributed by atoms with Crippen LogP contribution in [0.3, 0.4) is 0 Å². The second-order valence-electron chi connectivity index (χ2n) is 3.09. The zero-order chi connectivity index (χ0) is 12.3. The van der Waals surface area contributed by atoms with Crippen molar-refractivity contribution in [1.29, 1.82) is 0 Å². The summed E-state index contributed by atoms with van der Waals surface area (Å²) in [5, 5.41) is 18.8. The number of nitrogens with zero attached hydrogens (tertiary/aromatic N) is 1. The number of carbonyl (C=O) groups is 1. The molecular weight excluding hydrogens is 217 g/mol. The van der Waals surface area contributed by atoms with Crippen LogP contribution in [0.1, 0.15) is 11.1 Å². The Morgan fingerprint density at radius 1 is 1.56 bits per heavy atom. The van der Waals surface area contributed by atoms with Crippen molar-refractivity contribution in [2.75, 3.05) is 0 Å². The lowest BCUT2D eigenvalue weighted by molar-refractivity contribution is -0.387. The number of halogens is 1. The molecule has 1 rings (SSSR count). The summed E-state index contributed by atoms with van der Waals surface area (Å²) in [6.07, 6.45) is 2.03. The molecule has 0 heterocycles. The summed E-state index contributed by atoms with van der Waals surface area (Å²) in [5.74, 6) is -2.15. The van der Waals surface area contributed by atoms with Crippen LogP contribution in [0.5, 0.6) is 0 Å². The van der Waals surface area contributed by atoms with Crippen LogP contribution in [0.15, 0.2) is 18.2 Å². The summed E-state index contributed by atoms with van der Waals surface area (Å²) in [6, 6.07) is 2.00. The molecule has 0 aliphatic heterocycles. The number of benzene rings is 1. The van der Waals surface area contributed by atoms with Gasteiger partial charge in [0.1, 0.15) is 0 Å². The van der Waals surface area contributed by atoms with Crippen LogP contribution in [0.4, 0.5) is 10.1 Å². The number of rotatable bonds is 3. The van der Waals surface area contributed by atoms with Gasteiger partial charge in [-0.1, -0.05) is 0 Å². The maximum Gasteiger partial charge on any atom is 0.328 e. The lowest BCUT2D eigenvalue weighted by Gasteiger charge is -2.01. The molecule has 1 N–H and O–H groups in total. The lowest BCUT2D eigenvalue weighted by atomic mass is 10.1. The van der Waals surface area contributed by atoms with E-state index in [0.29, 0.717) is 11.1 Å². The van der Waals surface area contributed by atoms with Crippen molar-refractivity contribution in [2.24, 2.45) is 0 Å². The molecular formula is C10H8FNO4. The van der Waals surface area contributed by atoms with Crippen molar-refractivity contribution in [3.63, 3.8) is 0 Å². The second kappa shape index (κ2) is 4.52. The fourth-order valence-electron chi connectivity index (χ4n) is 1.16. The van der Waals surface area contributed by atoms with E-state index >= 15 is 0 Å². The third-order valence-corrected chi connectivity index (χ3v) is 1.94. The van der Waals surface area contributed by atoms with E-state index in [1.54, 1.807) is 0 Å². The van der Waals surface area contributed by atoms with Gasteiger partial charge < -0.3 is 5.11 Å². The zero-order valence-electron chi connectivity index (χ0n) is 8.31. The van der Waals surface area contributed by atoms with E-state index < -0.39 is 22.4 Å². The van der Waals surface area contributed by atoms with E-state index in [4.69, 9.17) is 5.11 Å². The highest BCUT2D eigenvalue weighted by molar-refractivity contribution is 5.85. The molecule has 84 valence electrons. The molecule has 0 spiro atoms. The third-order valence-electron chi connectivity index (χ3n) is 1.94. The molecule has 16 heavy (non-hydrogen) atoms. The molecule has 0 atom stereocenters. The Balaban J connectivity index is 3.20. The van der Waals surface area contributed by atoms with Crippen molar-refractivity contribution in [2.45, 2.75) is 6.92 Å². The molecule has 0 aromatic heterocycles. The number of nitro benzene ring substituents is 1. The molecule has 0 aliphatic carbocycles. The highest BCUT2D eigenvalue weighted by Gasteiger charge is 2.15. The van der Waals surface area contributed by atoms with Crippen molar-refractivity contribution in [3.8, 4) is 0 Å². The van der Waals surface area contributed by atoms with Crippen LogP contribution in [-0.2, 0) is 4.79 Å². The van der Waals surface area contributed by atoms with Crippen LogP contribution in [0.2, 0.25) is 0 Å². The molecule has 0 fully saturated rings. The SMILES string of the molecule is Cc1cc([N+](=O)[O-])c(F)cc1/C=C/C(=O)O. The van der Waals surface area contributed by atoms with Gasteiger partial charge in [0.25, 0.3) is 0 Å². The van der Waals surface area contributed by atoms with E-state index in [0.717, 1.165) is 18.2 Å². The van der Waals surface area contributed by atoms with Crippen LogP contribution < -0.4 is 0 Å². The largest absolute Gasteiger partial charge is 0.478 e. The molecule has 1 aromatic rings. The average Bonchev–Trinajstić information content (AvgIpc) is 2.18. The first kappa shape index (κ1) is 11.8. The molecule has 0 saturated heterocycles. The minimum atomic E-state index is -1.17. The Bertz CT molecular complexity index is 482. The molecule has 0 bridgehead atoms. The van der Waals surface area contributed by atoms with Gasteiger partial charge in [0.15, 0.2) is 0 Å². The minimum Gasteiger partial charge on any atom is -0.478 e. The minimum absolute atomic E-state index is 0.297. The molecule has 1 aromatic carbocycles. The number of hydrogen-bond acceptors (Lipinski definition) is 3. The van der Waals surface area contributed by atoms with Gasteiger partial charge in [0.2, 0.25) is 5.82 Å². The number of carboxylic acid groups (broad SMARTS) is 1. The summed E-state index contributed by atoms with van der Waals surface area (Å²) in [6.45, 7) is 1.54. The average molecular weight is 225 g/mol. The van der Waals surface area contributed by atoms with Crippen LogP contribution in [0, 0.1) is 22.9 Å². The van der Waals surface area contributed by atoms with Crippen LogP contribution in [0.25, 0.3) is 6.08 Å². The molecule has 0 amide bonds. The lowest BCUT2D eigenvalue weighted by Crippen LogP contribution is -1.95. The normalized spacial score (nSPS) is 10.6. The van der Waals surface area contributed by atoms with Gasteiger partial charge in [0.05, 0.1) is 4.92 Å². The van der Waals surface area contributed by atoms with E-state index in [2.05, 4.69) is 0 Å². The van der Waals surface area contributed by atoms with Crippen LogP contribution >= 0.6 is 0 Å². The number of carboxylic acids is 1. The van der Waals surface area contributed by atoms with Crippen molar-refractivity contribution >= 4 is 17.7 Å². The van der Waals surface area contributed by atoms with Gasteiger partial charge in [-0.15, -0.1) is 0 Å². The highest BCUT2D eigenvalue weighted by atomic mass is 19.1. The fraction of sp³-hybridized carbons (Fsp3) is 0.100. The summed E-state index contributed by atoms with van der Waals surface area (Å²) in [5.41, 5.74) is 0.112. The smallest absolute Gasteiger partial charge is 0.328 e. The Morgan fingerprint density at radius 3 is 2.69 bits per heavy atom. The Labute approximate surface area is 90.0 Å². The van der Waals surface area contributed by atoms with E-state index in [9.17, 15) is 19.3 Å². The standard InChI is InChI=1S/C10H8FNO4/c1-6-4-9(12(15)16)8(11)5-7(6)2-3-10(13)14/h2-5H,1H3,(H,13,14)/b3-2+. The number of nitro groups is 1. The maximum absolute atomic E-state index is 13.2.